The Balaban J connectivity index is 2.32. The number of aromatic nitrogens is 2. The van der Waals surface area contributed by atoms with Crippen LogP contribution in [0, 0.1) is 0 Å². The van der Waals surface area contributed by atoms with Gasteiger partial charge in [-0.1, -0.05) is 23.7 Å². The molecule has 0 fully saturated rings. The summed E-state index contributed by atoms with van der Waals surface area (Å²) in [4.78, 5) is 0. The lowest BCUT2D eigenvalue weighted by atomic mass is 10.0. The molecule has 1 heterocycles. The quantitative estimate of drug-likeness (QED) is 0.886. The summed E-state index contributed by atoms with van der Waals surface area (Å²) in [5, 5.41) is 8.20. The van der Waals surface area contributed by atoms with E-state index in [1.165, 1.54) is 5.56 Å². The van der Waals surface area contributed by atoms with Crippen molar-refractivity contribution in [3.63, 3.8) is 0 Å². The molecule has 1 aromatic carbocycles. The molecule has 0 aliphatic rings. The molecule has 3 nitrogen and oxygen atoms in total. The van der Waals surface area contributed by atoms with Gasteiger partial charge in [-0.3, -0.25) is 4.68 Å². The van der Waals surface area contributed by atoms with Crippen molar-refractivity contribution in [1.82, 2.24) is 15.1 Å². The number of nitrogens with one attached hydrogen (secondary N) is 1. The average Bonchev–Trinajstić information content (AvgIpc) is 2.69. The van der Waals surface area contributed by atoms with Crippen molar-refractivity contribution in [3.8, 4) is 0 Å². The van der Waals surface area contributed by atoms with Gasteiger partial charge in [0.05, 0.1) is 12.2 Å². The van der Waals surface area contributed by atoms with Gasteiger partial charge in [-0.2, -0.15) is 5.10 Å². The summed E-state index contributed by atoms with van der Waals surface area (Å²) in [6, 6.07) is 8.01. The molecule has 0 aliphatic heterocycles. The van der Waals surface area contributed by atoms with E-state index in [-0.39, 0.29) is 6.04 Å². The Hall–Kier alpha value is -1.32. The monoisotopic (exact) mass is 235 g/mol. The van der Waals surface area contributed by atoms with Gasteiger partial charge < -0.3 is 5.32 Å². The summed E-state index contributed by atoms with van der Waals surface area (Å²) in [5.74, 6) is 0. The van der Waals surface area contributed by atoms with Crippen molar-refractivity contribution in [2.24, 2.45) is 7.05 Å². The minimum Gasteiger partial charge on any atom is -0.309 e. The van der Waals surface area contributed by atoms with Gasteiger partial charge >= 0.3 is 0 Å². The fraction of sp³-hybridized carbons (Fsp3) is 0.250. The Kier molecular flexibility index (Phi) is 3.27. The number of halogens is 1. The molecule has 1 aromatic heterocycles. The second kappa shape index (κ2) is 4.68. The number of hydrogen-bond acceptors (Lipinski definition) is 2. The summed E-state index contributed by atoms with van der Waals surface area (Å²) < 4.78 is 1.80. The maximum atomic E-state index is 5.87. The predicted octanol–water partition coefficient (Wildman–Crippen LogP) is 2.38. The summed E-state index contributed by atoms with van der Waals surface area (Å²) >= 11 is 5.87. The van der Waals surface area contributed by atoms with E-state index in [1.807, 2.05) is 50.8 Å². The normalized spacial score (nSPS) is 12.7. The largest absolute Gasteiger partial charge is 0.309 e. The second-order valence-corrected chi connectivity index (χ2v) is 4.16. The fourth-order valence-electron chi connectivity index (χ4n) is 1.77. The maximum Gasteiger partial charge on any atom is 0.0605 e. The van der Waals surface area contributed by atoms with E-state index in [9.17, 15) is 0 Å². The summed E-state index contributed by atoms with van der Waals surface area (Å²) in [7, 11) is 3.85. The van der Waals surface area contributed by atoms with E-state index in [1.54, 1.807) is 4.68 Å². The number of benzene rings is 1. The number of hydrogen-bond donors (Lipinski definition) is 1. The molecule has 16 heavy (non-hydrogen) atoms. The molecule has 0 spiro atoms. The van der Waals surface area contributed by atoms with Crippen LogP contribution >= 0.6 is 11.6 Å². The van der Waals surface area contributed by atoms with Crippen LogP contribution in [0.4, 0.5) is 0 Å². The first-order valence-electron chi connectivity index (χ1n) is 5.12. The summed E-state index contributed by atoms with van der Waals surface area (Å²) in [6.07, 6.45) is 3.88. The Bertz CT molecular complexity index is 461. The zero-order valence-corrected chi connectivity index (χ0v) is 10.1. The predicted molar refractivity (Wildman–Crippen MR) is 65.6 cm³/mol. The van der Waals surface area contributed by atoms with Gasteiger partial charge in [0.25, 0.3) is 0 Å². The molecule has 0 aliphatic carbocycles. The third kappa shape index (κ3) is 2.26. The second-order valence-electron chi connectivity index (χ2n) is 3.72. The molecule has 84 valence electrons. The molecule has 1 N–H and O–H groups in total. The average molecular weight is 236 g/mol. The van der Waals surface area contributed by atoms with Crippen molar-refractivity contribution in [2.45, 2.75) is 6.04 Å². The number of aryl methyl sites for hydroxylation is 1. The lowest BCUT2D eigenvalue weighted by molar-refractivity contribution is 0.689. The third-order valence-electron chi connectivity index (χ3n) is 2.55. The molecular weight excluding hydrogens is 222 g/mol. The highest BCUT2D eigenvalue weighted by Crippen LogP contribution is 2.22. The van der Waals surface area contributed by atoms with Gasteiger partial charge in [-0.25, -0.2) is 0 Å². The summed E-state index contributed by atoms with van der Waals surface area (Å²) in [6.45, 7) is 0. The number of nitrogens with zero attached hydrogens (tertiary/aromatic N) is 2. The standard InChI is InChI=1S/C12H14ClN3/c1-14-12(10-7-15-16(2)8-10)9-3-5-11(13)6-4-9/h3-8,12,14H,1-2H3. The molecule has 0 amide bonds. The molecule has 0 saturated heterocycles. The molecule has 2 aromatic rings. The third-order valence-corrected chi connectivity index (χ3v) is 2.80. The van der Waals surface area contributed by atoms with E-state index in [0.29, 0.717) is 0 Å². The van der Waals surface area contributed by atoms with Crippen LogP contribution in [0.1, 0.15) is 17.2 Å². The van der Waals surface area contributed by atoms with Crippen molar-refractivity contribution < 1.29 is 0 Å². The van der Waals surface area contributed by atoms with E-state index in [0.717, 1.165) is 10.6 Å². The number of rotatable bonds is 3. The van der Waals surface area contributed by atoms with Crippen LogP contribution in [-0.2, 0) is 7.05 Å². The Morgan fingerprint density at radius 1 is 1.25 bits per heavy atom. The molecule has 0 bridgehead atoms. The van der Waals surface area contributed by atoms with Gasteiger partial charge in [0, 0.05) is 23.8 Å². The molecular formula is C12H14ClN3. The lowest BCUT2D eigenvalue weighted by Gasteiger charge is -2.14. The van der Waals surface area contributed by atoms with Gasteiger partial charge in [-0.05, 0) is 24.7 Å². The van der Waals surface area contributed by atoms with Crippen LogP contribution in [0.2, 0.25) is 5.02 Å². The van der Waals surface area contributed by atoms with E-state index in [2.05, 4.69) is 10.4 Å². The highest BCUT2D eigenvalue weighted by atomic mass is 35.5. The van der Waals surface area contributed by atoms with Crippen molar-refractivity contribution in [1.29, 1.82) is 0 Å². The van der Waals surface area contributed by atoms with Gasteiger partial charge in [0.2, 0.25) is 0 Å². The van der Waals surface area contributed by atoms with Crippen LogP contribution in [-0.4, -0.2) is 16.8 Å². The van der Waals surface area contributed by atoms with Crippen LogP contribution < -0.4 is 5.32 Å². The zero-order valence-electron chi connectivity index (χ0n) is 9.31. The maximum absolute atomic E-state index is 5.87. The molecule has 1 unspecified atom stereocenters. The molecule has 2 rings (SSSR count). The first-order valence-corrected chi connectivity index (χ1v) is 5.50. The SMILES string of the molecule is CNC(c1ccc(Cl)cc1)c1cnn(C)c1. The molecule has 1 atom stereocenters. The van der Waals surface area contributed by atoms with Gasteiger partial charge in [0.1, 0.15) is 0 Å². The minimum atomic E-state index is 0.158. The van der Waals surface area contributed by atoms with E-state index in [4.69, 9.17) is 11.6 Å². The smallest absolute Gasteiger partial charge is 0.0605 e. The molecule has 4 heteroatoms. The highest BCUT2D eigenvalue weighted by molar-refractivity contribution is 6.30. The van der Waals surface area contributed by atoms with Crippen LogP contribution in [0.25, 0.3) is 0 Å². The van der Waals surface area contributed by atoms with Crippen LogP contribution in [0.15, 0.2) is 36.7 Å². The molecule has 0 saturated carbocycles. The van der Waals surface area contributed by atoms with Crippen LogP contribution in [0.3, 0.4) is 0 Å². The zero-order chi connectivity index (χ0) is 11.5. The fourth-order valence-corrected chi connectivity index (χ4v) is 1.90. The molecule has 0 radical (unpaired) electrons. The van der Waals surface area contributed by atoms with Gasteiger partial charge in [-0.15, -0.1) is 0 Å². The van der Waals surface area contributed by atoms with Gasteiger partial charge in [0.15, 0.2) is 0 Å². The van der Waals surface area contributed by atoms with Crippen molar-refractivity contribution >= 4 is 11.6 Å². The first kappa shape index (κ1) is 11.2. The van der Waals surface area contributed by atoms with Crippen molar-refractivity contribution in [2.75, 3.05) is 7.05 Å². The van der Waals surface area contributed by atoms with Crippen LogP contribution in [0.5, 0.6) is 0 Å². The summed E-state index contributed by atoms with van der Waals surface area (Å²) in [5.41, 5.74) is 2.33. The Morgan fingerprint density at radius 3 is 2.44 bits per heavy atom. The topological polar surface area (TPSA) is 29.9 Å². The van der Waals surface area contributed by atoms with Crippen molar-refractivity contribution in [3.05, 3.63) is 52.8 Å². The lowest BCUT2D eigenvalue weighted by Crippen LogP contribution is -2.16. The Morgan fingerprint density at radius 2 is 1.94 bits per heavy atom. The first-order chi connectivity index (χ1) is 7.70. The Labute approximate surface area is 100 Å². The minimum absolute atomic E-state index is 0.158. The van der Waals surface area contributed by atoms with E-state index >= 15 is 0 Å². The highest BCUT2D eigenvalue weighted by Gasteiger charge is 2.12. The van der Waals surface area contributed by atoms with E-state index < -0.39 is 0 Å².